The summed E-state index contributed by atoms with van der Waals surface area (Å²) in [6.45, 7) is 4.12. The molecule has 2 N–H and O–H groups in total. The smallest absolute Gasteiger partial charge is 0.195 e. The number of hydrogen-bond acceptors (Lipinski definition) is 5. The van der Waals surface area contributed by atoms with Crippen LogP contribution in [-0.4, -0.2) is 31.2 Å². The van der Waals surface area contributed by atoms with Gasteiger partial charge in [0.2, 0.25) is 0 Å². The van der Waals surface area contributed by atoms with E-state index in [0.717, 1.165) is 40.7 Å². The predicted octanol–water partition coefficient (Wildman–Crippen LogP) is 3.67. The second-order valence-corrected chi connectivity index (χ2v) is 6.29. The highest BCUT2D eigenvalue weighted by Crippen LogP contribution is 2.32. The molecule has 0 aliphatic carbocycles. The molecular formula is C17H23IN4O2S. The molecule has 6 nitrogen and oxygen atoms in total. The van der Waals surface area contributed by atoms with Crippen LogP contribution in [0, 0.1) is 0 Å². The number of guanidine groups is 1. The van der Waals surface area contributed by atoms with Crippen LogP contribution in [0.5, 0.6) is 11.5 Å². The predicted molar refractivity (Wildman–Crippen MR) is 113 cm³/mol. The molecule has 136 valence electrons. The summed E-state index contributed by atoms with van der Waals surface area (Å²) in [7, 11) is 1.75. The average molecular weight is 474 g/mol. The monoisotopic (exact) mass is 474 g/mol. The SMILES string of the molecule is CCc1nc(CNC(=NC)Nc2ccc3c(c2)OCCCO3)cs1.I. The van der Waals surface area contributed by atoms with E-state index in [1.807, 2.05) is 18.2 Å². The number of fused-ring (bicyclic) bond motifs is 1. The van der Waals surface area contributed by atoms with Crippen molar-refractivity contribution in [3.63, 3.8) is 0 Å². The second-order valence-electron chi connectivity index (χ2n) is 5.35. The van der Waals surface area contributed by atoms with Gasteiger partial charge in [0.05, 0.1) is 30.5 Å². The number of halogens is 1. The quantitative estimate of drug-likeness (QED) is 0.402. The summed E-state index contributed by atoms with van der Waals surface area (Å²) in [5, 5.41) is 9.77. The maximum atomic E-state index is 5.71. The van der Waals surface area contributed by atoms with Gasteiger partial charge in [0.1, 0.15) is 0 Å². The molecule has 1 aliphatic heterocycles. The van der Waals surface area contributed by atoms with Crippen LogP contribution >= 0.6 is 35.3 Å². The fourth-order valence-electron chi connectivity index (χ4n) is 2.32. The van der Waals surface area contributed by atoms with Gasteiger partial charge in [-0.2, -0.15) is 0 Å². The molecule has 25 heavy (non-hydrogen) atoms. The van der Waals surface area contributed by atoms with Gasteiger partial charge in [0.25, 0.3) is 0 Å². The van der Waals surface area contributed by atoms with Gasteiger partial charge < -0.3 is 20.1 Å². The van der Waals surface area contributed by atoms with E-state index in [4.69, 9.17) is 9.47 Å². The first-order chi connectivity index (χ1) is 11.8. The number of rotatable bonds is 4. The molecule has 0 spiro atoms. The largest absolute Gasteiger partial charge is 0.490 e. The number of benzene rings is 1. The normalized spacial score (nSPS) is 13.6. The van der Waals surface area contributed by atoms with Crippen LogP contribution in [0.2, 0.25) is 0 Å². The Hall–Kier alpha value is -1.55. The number of aliphatic imine (C=N–C) groups is 1. The number of nitrogens with zero attached hydrogens (tertiary/aromatic N) is 2. The molecule has 0 atom stereocenters. The minimum Gasteiger partial charge on any atom is -0.490 e. The zero-order valence-electron chi connectivity index (χ0n) is 14.4. The number of thiazole rings is 1. The van der Waals surface area contributed by atoms with Crippen molar-refractivity contribution >= 4 is 47.0 Å². The van der Waals surface area contributed by atoms with Crippen LogP contribution < -0.4 is 20.1 Å². The Labute approximate surface area is 169 Å². The molecule has 0 saturated heterocycles. The fraction of sp³-hybridized carbons (Fsp3) is 0.412. The highest BCUT2D eigenvalue weighted by molar-refractivity contribution is 14.0. The molecule has 0 bridgehead atoms. The topological polar surface area (TPSA) is 67.8 Å². The number of aromatic nitrogens is 1. The van der Waals surface area contributed by atoms with Crippen molar-refractivity contribution in [2.45, 2.75) is 26.3 Å². The summed E-state index contributed by atoms with van der Waals surface area (Å²) in [6, 6.07) is 5.81. The molecule has 0 unspecified atom stereocenters. The third-order valence-electron chi connectivity index (χ3n) is 3.57. The van der Waals surface area contributed by atoms with Crippen molar-refractivity contribution in [3.05, 3.63) is 34.3 Å². The number of hydrogen-bond donors (Lipinski definition) is 2. The third-order valence-corrected chi connectivity index (χ3v) is 4.61. The lowest BCUT2D eigenvalue weighted by molar-refractivity contribution is 0.297. The molecule has 0 amide bonds. The van der Waals surface area contributed by atoms with Crippen LogP contribution in [0.3, 0.4) is 0 Å². The van der Waals surface area contributed by atoms with Crippen LogP contribution in [-0.2, 0) is 13.0 Å². The average Bonchev–Trinajstić information content (AvgIpc) is 2.95. The van der Waals surface area contributed by atoms with Crippen molar-refractivity contribution in [1.82, 2.24) is 10.3 Å². The van der Waals surface area contributed by atoms with E-state index in [1.54, 1.807) is 18.4 Å². The molecular weight excluding hydrogens is 451 g/mol. The molecule has 2 aromatic rings. The van der Waals surface area contributed by atoms with Gasteiger partial charge in [-0.3, -0.25) is 4.99 Å². The summed E-state index contributed by atoms with van der Waals surface area (Å²) >= 11 is 1.69. The van der Waals surface area contributed by atoms with Gasteiger partial charge in [-0.1, -0.05) is 6.92 Å². The lowest BCUT2D eigenvalue weighted by atomic mass is 10.3. The van der Waals surface area contributed by atoms with E-state index >= 15 is 0 Å². The van der Waals surface area contributed by atoms with Crippen LogP contribution in [0.25, 0.3) is 0 Å². The van der Waals surface area contributed by atoms with Gasteiger partial charge >= 0.3 is 0 Å². The highest BCUT2D eigenvalue weighted by atomic mass is 127. The number of anilines is 1. The Bertz CT molecular complexity index is 720. The Morgan fingerprint density at radius 1 is 1.28 bits per heavy atom. The first kappa shape index (κ1) is 19.8. The van der Waals surface area contributed by atoms with Crippen LogP contribution in [0.1, 0.15) is 24.0 Å². The Kier molecular flexibility index (Phi) is 7.76. The first-order valence-corrected chi connectivity index (χ1v) is 8.97. The Balaban J connectivity index is 0.00000225. The maximum absolute atomic E-state index is 5.71. The van der Waals surface area contributed by atoms with Gasteiger partial charge in [-0.15, -0.1) is 35.3 Å². The maximum Gasteiger partial charge on any atom is 0.195 e. The lowest BCUT2D eigenvalue weighted by Gasteiger charge is -2.13. The van der Waals surface area contributed by atoms with E-state index in [9.17, 15) is 0 Å². The molecule has 3 rings (SSSR count). The van der Waals surface area contributed by atoms with E-state index in [2.05, 4.69) is 32.9 Å². The van der Waals surface area contributed by atoms with Gasteiger partial charge in [0.15, 0.2) is 17.5 Å². The number of nitrogens with one attached hydrogen (secondary N) is 2. The van der Waals surface area contributed by atoms with E-state index < -0.39 is 0 Å². The van der Waals surface area contributed by atoms with Gasteiger partial charge in [-0.25, -0.2) is 4.98 Å². The molecule has 2 heterocycles. The number of ether oxygens (including phenoxy) is 2. The van der Waals surface area contributed by atoms with Crippen molar-refractivity contribution in [2.24, 2.45) is 4.99 Å². The minimum atomic E-state index is 0. The van der Waals surface area contributed by atoms with E-state index in [-0.39, 0.29) is 24.0 Å². The van der Waals surface area contributed by atoms with E-state index in [1.165, 1.54) is 0 Å². The molecule has 0 radical (unpaired) electrons. The summed E-state index contributed by atoms with van der Waals surface area (Å²) in [5.41, 5.74) is 1.93. The Morgan fingerprint density at radius 3 is 2.80 bits per heavy atom. The zero-order chi connectivity index (χ0) is 16.8. The molecule has 1 aromatic carbocycles. The fourth-order valence-corrected chi connectivity index (χ4v) is 3.07. The van der Waals surface area contributed by atoms with Gasteiger partial charge in [0, 0.05) is 30.6 Å². The summed E-state index contributed by atoms with van der Waals surface area (Å²) in [6.07, 6.45) is 1.86. The van der Waals surface area contributed by atoms with Crippen molar-refractivity contribution in [2.75, 3.05) is 25.6 Å². The molecule has 8 heteroatoms. The lowest BCUT2D eigenvalue weighted by Crippen LogP contribution is -2.30. The minimum absolute atomic E-state index is 0. The van der Waals surface area contributed by atoms with E-state index in [0.29, 0.717) is 25.7 Å². The Morgan fingerprint density at radius 2 is 2.08 bits per heavy atom. The zero-order valence-corrected chi connectivity index (χ0v) is 17.5. The highest BCUT2D eigenvalue weighted by Gasteiger charge is 2.11. The summed E-state index contributed by atoms with van der Waals surface area (Å²) in [4.78, 5) is 8.80. The van der Waals surface area contributed by atoms with Crippen LogP contribution in [0.4, 0.5) is 5.69 Å². The van der Waals surface area contributed by atoms with Crippen molar-refractivity contribution in [3.8, 4) is 11.5 Å². The third kappa shape index (κ3) is 5.46. The van der Waals surface area contributed by atoms with Gasteiger partial charge in [-0.05, 0) is 18.6 Å². The molecule has 0 fully saturated rings. The number of aryl methyl sites for hydroxylation is 1. The summed E-state index contributed by atoms with van der Waals surface area (Å²) in [5.74, 6) is 2.24. The molecule has 0 saturated carbocycles. The first-order valence-electron chi connectivity index (χ1n) is 8.09. The standard InChI is InChI=1S/C17H22N4O2S.HI/c1-3-16-20-13(11-24-16)10-19-17(18-2)21-12-5-6-14-15(9-12)23-8-4-7-22-14;/h5-6,9,11H,3-4,7-8,10H2,1-2H3,(H2,18,19,21);1H. The second kappa shape index (κ2) is 9.81. The summed E-state index contributed by atoms with van der Waals surface area (Å²) < 4.78 is 11.4. The molecule has 1 aromatic heterocycles. The van der Waals surface area contributed by atoms with Crippen molar-refractivity contribution < 1.29 is 9.47 Å². The van der Waals surface area contributed by atoms with Crippen LogP contribution in [0.15, 0.2) is 28.6 Å². The molecule has 1 aliphatic rings. The van der Waals surface area contributed by atoms with Crippen molar-refractivity contribution in [1.29, 1.82) is 0 Å².